The fraction of sp³-hybridized carbons (Fsp3) is 0.425. The minimum atomic E-state index is -0.682. The molecule has 0 bridgehead atoms. The fourth-order valence-electron chi connectivity index (χ4n) is 6.60. The Kier molecular flexibility index (Phi) is 11.2. The van der Waals surface area contributed by atoms with Gasteiger partial charge in [-0.2, -0.15) is 0 Å². The minimum Gasteiger partial charge on any atom is -0.453 e. The molecule has 2 aliphatic rings. The second-order valence-electron chi connectivity index (χ2n) is 14.7. The van der Waals surface area contributed by atoms with Gasteiger partial charge in [-0.3, -0.25) is 9.69 Å². The second kappa shape index (κ2) is 16.0. The van der Waals surface area contributed by atoms with E-state index in [1.807, 2.05) is 83.1 Å². The van der Waals surface area contributed by atoms with Gasteiger partial charge >= 0.3 is 12.2 Å². The number of hydrogen-bond acceptors (Lipinski definition) is 8. The lowest BCUT2D eigenvalue weighted by Crippen LogP contribution is -2.51. The molecule has 4 N–H and O–H groups in total. The number of likely N-dealkylation sites (tertiary alicyclic amines) is 1. The number of benzene rings is 2. The van der Waals surface area contributed by atoms with Crippen LogP contribution in [0.3, 0.4) is 0 Å². The smallest absolute Gasteiger partial charge is 0.411 e. The molecule has 0 spiro atoms. The molecule has 0 radical (unpaired) electrons. The van der Waals surface area contributed by atoms with Gasteiger partial charge in [-0.05, 0) is 74.9 Å². The lowest BCUT2D eigenvalue weighted by atomic mass is 10.0. The molecular formula is C40H48N8O5. The number of nitrogens with one attached hydrogen (secondary N) is 4. The maximum Gasteiger partial charge on any atom is 0.411 e. The number of rotatable bonds is 7. The van der Waals surface area contributed by atoms with Gasteiger partial charge in [0.05, 0.1) is 36.9 Å². The number of aromatic nitrogens is 4. The quantitative estimate of drug-likeness (QED) is 0.175. The number of methoxy groups -OCH3 is 1. The first-order chi connectivity index (χ1) is 25.4. The molecule has 2 fully saturated rings. The van der Waals surface area contributed by atoms with E-state index in [1.54, 1.807) is 22.2 Å². The number of amides is 3. The third-order valence-corrected chi connectivity index (χ3v) is 9.36. The monoisotopic (exact) mass is 720 g/mol. The molecule has 6 rings (SSSR count). The molecule has 278 valence electrons. The maximum absolute atomic E-state index is 13.5. The molecule has 13 heteroatoms. The van der Waals surface area contributed by atoms with Crippen molar-refractivity contribution in [1.29, 1.82) is 0 Å². The molecule has 53 heavy (non-hydrogen) atoms. The van der Waals surface area contributed by atoms with E-state index in [2.05, 4.69) is 42.4 Å². The third kappa shape index (κ3) is 8.89. The highest BCUT2D eigenvalue weighted by atomic mass is 16.6. The first-order valence-electron chi connectivity index (χ1n) is 18.1. The molecule has 2 saturated heterocycles. The van der Waals surface area contributed by atoms with E-state index in [9.17, 15) is 14.4 Å². The molecular weight excluding hydrogens is 672 g/mol. The summed E-state index contributed by atoms with van der Waals surface area (Å²) in [7, 11) is 1.29. The van der Waals surface area contributed by atoms with Gasteiger partial charge in [0.2, 0.25) is 5.91 Å². The number of carbonyl (C=O) groups is 3. The molecule has 2 aromatic carbocycles. The van der Waals surface area contributed by atoms with Crippen LogP contribution in [-0.2, 0) is 14.3 Å². The Morgan fingerprint density at radius 3 is 1.94 bits per heavy atom. The fourth-order valence-corrected chi connectivity index (χ4v) is 6.60. The van der Waals surface area contributed by atoms with Crippen LogP contribution in [0.15, 0.2) is 60.9 Å². The van der Waals surface area contributed by atoms with Crippen LogP contribution in [0.2, 0.25) is 0 Å². The van der Waals surface area contributed by atoms with Crippen LogP contribution in [0.25, 0.3) is 22.5 Å². The van der Waals surface area contributed by atoms with Gasteiger partial charge in [-0.1, -0.05) is 50.0 Å². The predicted octanol–water partition coefficient (Wildman–Crippen LogP) is 5.79. The predicted molar refractivity (Wildman–Crippen MR) is 200 cm³/mol. The van der Waals surface area contributed by atoms with Crippen LogP contribution in [-0.4, -0.2) is 92.8 Å². The summed E-state index contributed by atoms with van der Waals surface area (Å²) in [4.78, 5) is 57.9. The van der Waals surface area contributed by atoms with E-state index in [1.165, 1.54) is 7.11 Å². The lowest BCUT2D eigenvalue weighted by molar-refractivity contribution is -0.135. The molecule has 3 atom stereocenters. The van der Waals surface area contributed by atoms with E-state index in [0.717, 1.165) is 52.3 Å². The highest BCUT2D eigenvalue weighted by Crippen LogP contribution is 2.33. The van der Waals surface area contributed by atoms with E-state index < -0.39 is 17.7 Å². The summed E-state index contributed by atoms with van der Waals surface area (Å²) in [5, 5.41) is 6.04. The summed E-state index contributed by atoms with van der Waals surface area (Å²) < 4.78 is 10.4. The topological polar surface area (TPSA) is 158 Å². The van der Waals surface area contributed by atoms with Crippen molar-refractivity contribution in [3.05, 3.63) is 83.7 Å². The van der Waals surface area contributed by atoms with E-state index in [-0.39, 0.29) is 30.0 Å². The van der Waals surface area contributed by atoms with Gasteiger partial charge in [-0.25, -0.2) is 19.6 Å². The van der Waals surface area contributed by atoms with E-state index >= 15 is 0 Å². The average molecular weight is 721 g/mol. The number of nitrogens with zero attached hydrogens (tertiary/aromatic N) is 4. The van der Waals surface area contributed by atoms with Crippen molar-refractivity contribution in [1.82, 2.24) is 40.4 Å². The molecule has 2 aromatic heterocycles. The van der Waals surface area contributed by atoms with Crippen molar-refractivity contribution in [2.75, 3.05) is 33.3 Å². The Balaban J connectivity index is 1.08. The number of alkyl carbamates (subject to hydrolysis) is 1. The summed E-state index contributed by atoms with van der Waals surface area (Å²) in [6.07, 6.45) is 4.25. The normalized spacial score (nSPS) is 17.9. The number of carbonyl (C=O) groups excluding carboxylic acids is 3. The zero-order valence-electron chi connectivity index (χ0n) is 31.2. The zero-order chi connectivity index (χ0) is 37.7. The van der Waals surface area contributed by atoms with E-state index in [4.69, 9.17) is 9.47 Å². The molecule has 0 aliphatic carbocycles. The van der Waals surface area contributed by atoms with Gasteiger partial charge in [-0.15, -0.1) is 0 Å². The summed E-state index contributed by atoms with van der Waals surface area (Å²) in [5.74, 6) is 7.68. The maximum atomic E-state index is 13.5. The van der Waals surface area contributed by atoms with Crippen molar-refractivity contribution in [3.8, 4) is 34.4 Å². The Labute approximate surface area is 310 Å². The van der Waals surface area contributed by atoms with Gasteiger partial charge in [0.1, 0.15) is 29.3 Å². The van der Waals surface area contributed by atoms with Gasteiger partial charge < -0.3 is 35.0 Å². The van der Waals surface area contributed by atoms with Gasteiger partial charge in [0.15, 0.2) is 0 Å². The average Bonchev–Trinajstić information content (AvgIpc) is 3.94. The van der Waals surface area contributed by atoms with Crippen molar-refractivity contribution in [2.24, 2.45) is 5.92 Å². The van der Waals surface area contributed by atoms with Crippen LogP contribution in [0, 0.1) is 17.8 Å². The first kappa shape index (κ1) is 37.2. The van der Waals surface area contributed by atoms with Crippen molar-refractivity contribution in [3.63, 3.8) is 0 Å². The van der Waals surface area contributed by atoms with Crippen LogP contribution in [0.4, 0.5) is 9.59 Å². The summed E-state index contributed by atoms with van der Waals surface area (Å²) >= 11 is 0. The lowest BCUT2D eigenvalue weighted by Gasteiger charge is -2.36. The molecule has 4 heterocycles. The Hall–Kier alpha value is -5.61. The molecule has 3 unspecified atom stereocenters. The van der Waals surface area contributed by atoms with Crippen LogP contribution in [0.5, 0.6) is 0 Å². The van der Waals surface area contributed by atoms with Gasteiger partial charge in [0.25, 0.3) is 0 Å². The molecule has 0 saturated carbocycles. The number of piperazine rings is 1. The van der Waals surface area contributed by atoms with Crippen molar-refractivity contribution < 1.29 is 23.9 Å². The second-order valence-corrected chi connectivity index (χ2v) is 14.7. The number of imidazole rings is 2. The first-order valence-corrected chi connectivity index (χ1v) is 18.1. The van der Waals surface area contributed by atoms with Crippen molar-refractivity contribution >= 4 is 18.1 Å². The van der Waals surface area contributed by atoms with Crippen LogP contribution >= 0.6 is 0 Å². The standard InChI is InChI=1S/C40H48N8O5/c1-25(2)34(46-38(50)52-6)37(49)47-20-7-8-32(47)35-42-22-30(44-35)28-15-11-26(12-16-28)9-10-27-13-17-29(18-14-27)31-23-43-36(45-31)33-24-41-19-21-48(33)39(51)53-40(3,4)5/h11-18,22-23,25,32-34,41H,7-8,19-21,24H2,1-6H3,(H,42,44)(H,43,45)(H,46,50). The van der Waals surface area contributed by atoms with Crippen molar-refractivity contribution in [2.45, 2.75) is 71.2 Å². The number of hydrogen-bond donors (Lipinski definition) is 4. The SMILES string of the molecule is COC(=O)NC(C(=O)N1CCCC1c1ncc(-c2ccc(C#Cc3ccc(-c4cnc(C5CNCCN5C(=O)OC(C)(C)C)[nH]4)cc3)cc2)[nH]1)C(C)C. The number of ether oxygens (including phenoxy) is 2. The minimum absolute atomic E-state index is 0.0997. The van der Waals surface area contributed by atoms with E-state index in [0.29, 0.717) is 32.0 Å². The Morgan fingerprint density at radius 1 is 0.849 bits per heavy atom. The third-order valence-electron chi connectivity index (χ3n) is 9.36. The van der Waals surface area contributed by atoms with Crippen LogP contribution in [0.1, 0.15) is 82.3 Å². The van der Waals surface area contributed by atoms with Crippen LogP contribution < -0.4 is 10.6 Å². The zero-order valence-corrected chi connectivity index (χ0v) is 31.2. The largest absolute Gasteiger partial charge is 0.453 e. The summed E-state index contributed by atoms with van der Waals surface area (Å²) in [5.41, 5.74) is 4.80. The summed E-state index contributed by atoms with van der Waals surface area (Å²) in [6.45, 7) is 11.8. The molecule has 13 nitrogen and oxygen atoms in total. The Morgan fingerprint density at radius 2 is 1.42 bits per heavy atom. The highest BCUT2D eigenvalue weighted by Gasteiger charge is 2.37. The molecule has 4 aromatic rings. The Bertz CT molecular complexity index is 1970. The molecule has 3 amide bonds. The van der Waals surface area contributed by atoms with Gasteiger partial charge in [0, 0.05) is 37.3 Å². The highest BCUT2D eigenvalue weighted by molar-refractivity contribution is 5.86. The number of aromatic amines is 2. The molecule has 2 aliphatic heterocycles. The number of H-pyrrole nitrogens is 2. The summed E-state index contributed by atoms with van der Waals surface area (Å²) in [6, 6.07) is 14.8.